The van der Waals surface area contributed by atoms with Crippen molar-refractivity contribution in [3.8, 4) is 6.07 Å². The van der Waals surface area contributed by atoms with Gasteiger partial charge in [0.05, 0.1) is 11.6 Å². The standard InChI is InChI=1S/C16H21N3O/c1-13(20)15-6-5-14(12-17)11-16(15)18(2)9-10-19-7-3-4-8-19/h5-6,11H,3-4,7-10H2,1-2H3. The lowest BCUT2D eigenvalue weighted by atomic mass is 10.1. The van der Waals surface area contributed by atoms with Crippen LogP contribution in [0.15, 0.2) is 18.2 Å². The average Bonchev–Trinajstić information content (AvgIpc) is 2.97. The maximum atomic E-state index is 11.7. The summed E-state index contributed by atoms with van der Waals surface area (Å²) in [5.41, 5.74) is 2.14. The van der Waals surface area contributed by atoms with Crippen LogP contribution in [0.5, 0.6) is 0 Å². The minimum Gasteiger partial charge on any atom is -0.373 e. The Morgan fingerprint density at radius 3 is 2.70 bits per heavy atom. The van der Waals surface area contributed by atoms with Crippen LogP contribution in [0.4, 0.5) is 5.69 Å². The average molecular weight is 271 g/mol. The van der Waals surface area contributed by atoms with Gasteiger partial charge in [-0.25, -0.2) is 0 Å². The van der Waals surface area contributed by atoms with Gasteiger partial charge in [0.2, 0.25) is 0 Å². The Bertz CT molecular complexity index is 527. The number of likely N-dealkylation sites (N-methyl/N-ethyl adjacent to an activating group) is 1. The number of carbonyl (C=O) groups is 1. The van der Waals surface area contributed by atoms with Crippen molar-refractivity contribution < 1.29 is 4.79 Å². The van der Waals surface area contributed by atoms with Crippen LogP contribution < -0.4 is 4.90 Å². The van der Waals surface area contributed by atoms with Crippen molar-refractivity contribution in [2.24, 2.45) is 0 Å². The SMILES string of the molecule is CC(=O)c1ccc(C#N)cc1N(C)CCN1CCCC1. The molecule has 4 nitrogen and oxygen atoms in total. The van der Waals surface area contributed by atoms with E-state index in [0.717, 1.165) is 18.8 Å². The number of hydrogen-bond donors (Lipinski definition) is 0. The fourth-order valence-corrected chi connectivity index (χ4v) is 2.63. The molecule has 0 unspecified atom stereocenters. The third-order valence-corrected chi connectivity index (χ3v) is 3.87. The molecule has 2 rings (SSSR count). The first-order valence-corrected chi connectivity index (χ1v) is 7.10. The highest BCUT2D eigenvalue weighted by Gasteiger charge is 2.15. The number of nitriles is 1. The normalized spacial score (nSPS) is 15.1. The van der Waals surface area contributed by atoms with Gasteiger partial charge in [0.25, 0.3) is 0 Å². The summed E-state index contributed by atoms with van der Waals surface area (Å²) in [4.78, 5) is 16.2. The summed E-state index contributed by atoms with van der Waals surface area (Å²) in [7, 11) is 1.99. The molecule has 0 aliphatic carbocycles. The maximum absolute atomic E-state index is 11.7. The highest BCUT2D eigenvalue weighted by molar-refractivity contribution is 6.00. The monoisotopic (exact) mass is 271 g/mol. The molecule has 0 aromatic heterocycles. The van der Waals surface area contributed by atoms with Crippen molar-refractivity contribution in [3.63, 3.8) is 0 Å². The van der Waals surface area contributed by atoms with Crippen LogP contribution in [0.1, 0.15) is 35.7 Å². The largest absolute Gasteiger partial charge is 0.373 e. The first kappa shape index (κ1) is 14.5. The first-order chi connectivity index (χ1) is 9.61. The fourth-order valence-electron chi connectivity index (χ4n) is 2.63. The number of anilines is 1. The van der Waals surface area contributed by atoms with Crippen LogP contribution in [0.2, 0.25) is 0 Å². The molecule has 1 heterocycles. The number of likely N-dealkylation sites (tertiary alicyclic amines) is 1. The molecule has 0 amide bonds. The van der Waals surface area contributed by atoms with E-state index in [1.54, 1.807) is 25.1 Å². The summed E-state index contributed by atoms with van der Waals surface area (Å²) in [6.45, 7) is 5.79. The molecular weight excluding hydrogens is 250 g/mol. The quantitative estimate of drug-likeness (QED) is 0.771. The van der Waals surface area contributed by atoms with E-state index in [1.165, 1.54) is 25.9 Å². The molecular formula is C16H21N3O. The molecule has 4 heteroatoms. The predicted octanol–water partition coefficient (Wildman–Crippen LogP) is 2.29. The topological polar surface area (TPSA) is 47.3 Å². The van der Waals surface area contributed by atoms with Gasteiger partial charge in [-0.05, 0) is 51.1 Å². The zero-order valence-electron chi connectivity index (χ0n) is 12.2. The fraction of sp³-hybridized carbons (Fsp3) is 0.500. The van der Waals surface area contributed by atoms with Crippen LogP contribution in [0.25, 0.3) is 0 Å². The summed E-state index contributed by atoms with van der Waals surface area (Å²) in [6.07, 6.45) is 2.57. The van der Waals surface area contributed by atoms with E-state index < -0.39 is 0 Å². The van der Waals surface area contributed by atoms with Crippen LogP contribution in [0, 0.1) is 11.3 Å². The van der Waals surface area contributed by atoms with Crippen LogP contribution in [-0.4, -0.2) is 43.9 Å². The second-order valence-corrected chi connectivity index (χ2v) is 5.37. The highest BCUT2D eigenvalue weighted by atomic mass is 16.1. The third kappa shape index (κ3) is 3.37. The van der Waals surface area contributed by atoms with E-state index in [2.05, 4.69) is 15.9 Å². The lowest BCUT2D eigenvalue weighted by Crippen LogP contribution is -2.32. The van der Waals surface area contributed by atoms with E-state index >= 15 is 0 Å². The third-order valence-electron chi connectivity index (χ3n) is 3.87. The van der Waals surface area contributed by atoms with Crippen LogP contribution >= 0.6 is 0 Å². The van der Waals surface area contributed by atoms with Crippen LogP contribution in [-0.2, 0) is 0 Å². The summed E-state index contributed by atoms with van der Waals surface area (Å²) >= 11 is 0. The predicted molar refractivity (Wildman–Crippen MR) is 80.1 cm³/mol. The summed E-state index contributed by atoms with van der Waals surface area (Å²) < 4.78 is 0. The number of ketones is 1. The van der Waals surface area contributed by atoms with E-state index in [1.807, 2.05) is 7.05 Å². The number of Topliss-reactive ketones (excluding diaryl/α,β-unsaturated/α-hetero) is 1. The molecule has 0 N–H and O–H groups in total. The molecule has 1 saturated heterocycles. The Labute approximate surface area is 120 Å². The van der Waals surface area contributed by atoms with Crippen molar-refractivity contribution in [2.75, 3.05) is 38.1 Å². The zero-order chi connectivity index (χ0) is 14.5. The molecule has 1 aliphatic heterocycles. The van der Waals surface area contributed by atoms with Crippen LogP contribution in [0.3, 0.4) is 0 Å². The van der Waals surface area contributed by atoms with Gasteiger partial charge in [0.1, 0.15) is 0 Å². The molecule has 0 spiro atoms. The second-order valence-electron chi connectivity index (χ2n) is 5.37. The Morgan fingerprint density at radius 2 is 2.10 bits per heavy atom. The number of benzene rings is 1. The van der Waals surface area contributed by atoms with E-state index in [-0.39, 0.29) is 5.78 Å². The molecule has 0 saturated carbocycles. The number of nitrogens with zero attached hydrogens (tertiary/aromatic N) is 3. The van der Waals surface area contributed by atoms with Gasteiger partial charge in [-0.1, -0.05) is 0 Å². The van der Waals surface area contributed by atoms with Crippen molar-refractivity contribution >= 4 is 11.5 Å². The summed E-state index contributed by atoms with van der Waals surface area (Å²) in [5.74, 6) is 0.0394. The van der Waals surface area contributed by atoms with Crippen molar-refractivity contribution in [2.45, 2.75) is 19.8 Å². The zero-order valence-corrected chi connectivity index (χ0v) is 12.2. The Morgan fingerprint density at radius 1 is 1.40 bits per heavy atom. The molecule has 1 fully saturated rings. The lowest BCUT2D eigenvalue weighted by Gasteiger charge is -2.25. The van der Waals surface area contributed by atoms with E-state index in [0.29, 0.717) is 11.1 Å². The molecule has 0 radical (unpaired) electrons. The van der Waals surface area contributed by atoms with E-state index in [4.69, 9.17) is 5.26 Å². The molecule has 1 aliphatic rings. The van der Waals surface area contributed by atoms with Gasteiger partial charge in [0, 0.05) is 31.4 Å². The maximum Gasteiger partial charge on any atom is 0.161 e. The van der Waals surface area contributed by atoms with Crippen molar-refractivity contribution in [3.05, 3.63) is 29.3 Å². The Balaban J connectivity index is 2.12. The smallest absolute Gasteiger partial charge is 0.161 e. The van der Waals surface area contributed by atoms with Gasteiger partial charge in [-0.2, -0.15) is 5.26 Å². The number of carbonyl (C=O) groups excluding carboxylic acids is 1. The molecule has 106 valence electrons. The van der Waals surface area contributed by atoms with Crippen molar-refractivity contribution in [1.82, 2.24) is 4.90 Å². The summed E-state index contributed by atoms with van der Waals surface area (Å²) in [5, 5.41) is 9.01. The molecule has 1 aromatic rings. The lowest BCUT2D eigenvalue weighted by molar-refractivity contribution is 0.101. The molecule has 20 heavy (non-hydrogen) atoms. The number of rotatable bonds is 5. The minimum absolute atomic E-state index is 0.0394. The Hall–Kier alpha value is -1.86. The second kappa shape index (κ2) is 6.53. The first-order valence-electron chi connectivity index (χ1n) is 7.10. The summed E-state index contributed by atoms with van der Waals surface area (Å²) in [6, 6.07) is 7.40. The Kier molecular flexibility index (Phi) is 4.75. The highest BCUT2D eigenvalue weighted by Crippen LogP contribution is 2.22. The number of hydrogen-bond acceptors (Lipinski definition) is 4. The molecule has 0 bridgehead atoms. The molecule has 0 atom stereocenters. The van der Waals surface area contributed by atoms with Gasteiger partial charge < -0.3 is 9.80 Å². The van der Waals surface area contributed by atoms with Crippen molar-refractivity contribution in [1.29, 1.82) is 5.26 Å². The minimum atomic E-state index is 0.0394. The van der Waals surface area contributed by atoms with E-state index in [9.17, 15) is 4.79 Å². The van der Waals surface area contributed by atoms with Gasteiger partial charge in [-0.15, -0.1) is 0 Å². The molecule has 1 aromatic carbocycles. The van der Waals surface area contributed by atoms with Gasteiger partial charge in [0.15, 0.2) is 5.78 Å². The van der Waals surface area contributed by atoms with Gasteiger partial charge in [-0.3, -0.25) is 4.79 Å². The van der Waals surface area contributed by atoms with Gasteiger partial charge >= 0.3 is 0 Å².